The highest BCUT2D eigenvalue weighted by molar-refractivity contribution is 5.91. The van der Waals surface area contributed by atoms with Gasteiger partial charge in [0.2, 0.25) is 0 Å². The zero-order valence-electron chi connectivity index (χ0n) is 10.2. The Morgan fingerprint density at radius 3 is 2.88 bits per heavy atom. The molecule has 0 N–H and O–H groups in total. The Morgan fingerprint density at radius 2 is 2.35 bits per heavy atom. The SMILES string of the molecule is Cc1c(CN(C)C(=O)c2ccco2)cnn1C. The predicted octanol–water partition coefficient (Wildman–Crippen LogP) is 1.59. The number of aromatic nitrogens is 2. The molecule has 0 fully saturated rings. The summed E-state index contributed by atoms with van der Waals surface area (Å²) in [7, 11) is 3.63. The number of amides is 1. The highest BCUT2D eigenvalue weighted by Gasteiger charge is 2.16. The van der Waals surface area contributed by atoms with Gasteiger partial charge >= 0.3 is 0 Å². The van der Waals surface area contributed by atoms with Gasteiger partial charge in [0, 0.05) is 31.9 Å². The molecule has 0 radical (unpaired) electrons. The van der Waals surface area contributed by atoms with E-state index in [2.05, 4.69) is 5.10 Å². The summed E-state index contributed by atoms with van der Waals surface area (Å²) in [4.78, 5) is 13.5. The first-order chi connectivity index (χ1) is 8.09. The van der Waals surface area contributed by atoms with Crippen LogP contribution in [0.5, 0.6) is 0 Å². The van der Waals surface area contributed by atoms with E-state index in [1.165, 1.54) is 6.26 Å². The fourth-order valence-electron chi connectivity index (χ4n) is 1.62. The second-order valence-electron chi connectivity index (χ2n) is 4.02. The Balaban J connectivity index is 2.09. The van der Waals surface area contributed by atoms with Gasteiger partial charge in [0.05, 0.1) is 12.5 Å². The predicted molar refractivity (Wildman–Crippen MR) is 62.5 cm³/mol. The lowest BCUT2D eigenvalue weighted by molar-refractivity contribution is 0.0753. The van der Waals surface area contributed by atoms with Crippen molar-refractivity contribution in [2.45, 2.75) is 13.5 Å². The average Bonchev–Trinajstić information content (AvgIpc) is 2.93. The second-order valence-corrected chi connectivity index (χ2v) is 4.02. The van der Waals surface area contributed by atoms with Crippen molar-refractivity contribution < 1.29 is 9.21 Å². The Morgan fingerprint density at radius 1 is 1.59 bits per heavy atom. The quantitative estimate of drug-likeness (QED) is 0.809. The molecule has 1 amide bonds. The smallest absolute Gasteiger partial charge is 0.289 e. The average molecular weight is 233 g/mol. The number of hydrogen-bond donors (Lipinski definition) is 0. The van der Waals surface area contributed by atoms with Crippen molar-refractivity contribution in [3.8, 4) is 0 Å². The van der Waals surface area contributed by atoms with E-state index >= 15 is 0 Å². The molecule has 0 saturated heterocycles. The van der Waals surface area contributed by atoms with Gasteiger partial charge in [-0.3, -0.25) is 9.48 Å². The van der Waals surface area contributed by atoms with Crippen molar-refractivity contribution in [1.29, 1.82) is 0 Å². The summed E-state index contributed by atoms with van der Waals surface area (Å²) >= 11 is 0. The maximum atomic E-state index is 11.9. The standard InChI is InChI=1S/C12H15N3O2/c1-9-10(7-13-15(9)3)8-14(2)12(16)11-5-4-6-17-11/h4-7H,8H2,1-3H3. The summed E-state index contributed by atoms with van der Waals surface area (Å²) in [5, 5.41) is 4.15. The van der Waals surface area contributed by atoms with Crippen molar-refractivity contribution in [2.24, 2.45) is 7.05 Å². The first-order valence-corrected chi connectivity index (χ1v) is 5.36. The van der Waals surface area contributed by atoms with E-state index in [9.17, 15) is 4.79 Å². The van der Waals surface area contributed by atoms with Gasteiger partial charge in [-0.15, -0.1) is 0 Å². The Hall–Kier alpha value is -2.04. The van der Waals surface area contributed by atoms with Crippen LogP contribution in [0.25, 0.3) is 0 Å². The molecular formula is C12H15N3O2. The second kappa shape index (κ2) is 4.45. The van der Waals surface area contributed by atoms with E-state index in [0.717, 1.165) is 11.3 Å². The van der Waals surface area contributed by atoms with Crippen LogP contribution in [0.15, 0.2) is 29.0 Å². The third kappa shape index (κ3) is 2.22. The van der Waals surface area contributed by atoms with Crippen molar-refractivity contribution in [3.05, 3.63) is 41.6 Å². The van der Waals surface area contributed by atoms with Gasteiger partial charge in [0.25, 0.3) is 5.91 Å². The summed E-state index contributed by atoms with van der Waals surface area (Å²) in [6.45, 7) is 2.51. The maximum Gasteiger partial charge on any atom is 0.289 e. The van der Waals surface area contributed by atoms with Crippen LogP contribution in [0, 0.1) is 6.92 Å². The lowest BCUT2D eigenvalue weighted by Gasteiger charge is -2.15. The molecule has 0 aliphatic heterocycles. The van der Waals surface area contributed by atoms with Crippen LogP contribution < -0.4 is 0 Å². The van der Waals surface area contributed by atoms with Gasteiger partial charge in [-0.1, -0.05) is 0 Å². The molecule has 2 aromatic rings. The Labute approximate surface area is 99.6 Å². The first kappa shape index (κ1) is 11.4. The van der Waals surface area contributed by atoms with Crippen molar-refractivity contribution in [3.63, 3.8) is 0 Å². The summed E-state index contributed by atoms with van der Waals surface area (Å²) in [5.41, 5.74) is 2.10. The highest BCUT2D eigenvalue weighted by Crippen LogP contribution is 2.11. The van der Waals surface area contributed by atoms with E-state index in [1.54, 1.807) is 35.0 Å². The van der Waals surface area contributed by atoms with Crippen LogP contribution in [-0.4, -0.2) is 27.6 Å². The van der Waals surface area contributed by atoms with Crippen LogP contribution in [0.1, 0.15) is 21.8 Å². The summed E-state index contributed by atoms with van der Waals surface area (Å²) in [6.07, 6.45) is 3.28. The molecule has 2 heterocycles. The van der Waals surface area contributed by atoms with E-state index in [4.69, 9.17) is 4.42 Å². The maximum absolute atomic E-state index is 11.9. The highest BCUT2D eigenvalue weighted by atomic mass is 16.3. The molecule has 5 heteroatoms. The fourth-order valence-corrected chi connectivity index (χ4v) is 1.62. The van der Waals surface area contributed by atoms with Crippen LogP contribution >= 0.6 is 0 Å². The third-order valence-corrected chi connectivity index (χ3v) is 2.82. The molecule has 17 heavy (non-hydrogen) atoms. The number of carbonyl (C=O) groups is 1. The van der Waals surface area contributed by atoms with E-state index < -0.39 is 0 Å². The molecule has 0 atom stereocenters. The molecule has 90 valence electrons. The molecule has 0 bridgehead atoms. The van der Waals surface area contributed by atoms with Gasteiger partial charge in [-0.05, 0) is 19.1 Å². The summed E-state index contributed by atoms with van der Waals surface area (Å²) in [6, 6.07) is 3.37. The molecule has 0 unspecified atom stereocenters. The molecule has 0 spiro atoms. The Kier molecular flexibility index (Phi) is 2.99. The number of hydrogen-bond acceptors (Lipinski definition) is 3. The molecule has 2 rings (SSSR count). The largest absolute Gasteiger partial charge is 0.459 e. The zero-order valence-corrected chi connectivity index (χ0v) is 10.2. The lowest BCUT2D eigenvalue weighted by atomic mass is 10.2. The van der Waals surface area contributed by atoms with E-state index in [0.29, 0.717) is 12.3 Å². The van der Waals surface area contributed by atoms with Gasteiger partial charge in [-0.25, -0.2) is 0 Å². The van der Waals surface area contributed by atoms with E-state index in [-0.39, 0.29) is 5.91 Å². The minimum absolute atomic E-state index is 0.127. The first-order valence-electron chi connectivity index (χ1n) is 5.36. The number of aryl methyl sites for hydroxylation is 1. The van der Waals surface area contributed by atoms with Gasteiger partial charge < -0.3 is 9.32 Å². The summed E-state index contributed by atoms with van der Waals surface area (Å²) < 4.78 is 6.87. The molecule has 2 aromatic heterocycles. The number of nitrogens with zero attached hydrogens (tertiary/aromatic N) is 3. The molecule has 5 nitrogen and oxygen atoms in total. The molecular weight excluding hydrogens is 218 g/mol. The number of rotatable bonds is 3. The van der Waals surface area contributed by atoms with Crippen molar-refractivity contribution in [1.82, 2.24) is 14.7 Å². The topological polar surface area (TPSA) is 51.3 Å². The lowest BCUT2D eigenvalue weighted by Crippen LogP contribution is -2.26. The van der Waals surface area contributed by atoms with E-state index in [1.807, 2.05) is 14.0 Å². The fraction of sp³-hybridized carbons (Fsp3) is 0.333. The van der Waals surface area contributed by atoms with Crippen LogP contribution in [-0.2, 0) is 13.6 Å². The minimum atomic E-state index is -0.127. The third-order valence-electron chi connectivity index (χ3n) is 2.82. The minimum Gasteiger partial charge on any atom is -0.459 e. The van der Waals surface area contributed by atoms with Gasteiger partial charge in [0.1, 0.15) is 0 Å². The van der Waals surface area contributed by atoms with Crippen molar-refractivity contribution >= 4 is 5.91 Å². The molecule has 0 saturated carbocycles. The molecule has 0 aliphatic carbocycles. The molecule has 0 aromatic carbocycles. The van der Waals surface area contributed by atoms with Crippen LogP contribution in [0.2, 0.25) is 0 Å². The van der Waals surface area contributed by atoms with Crippen molar-refractivity contribution in [2.75, 3.05) is 7.05 Å². The van der Waals surface area contributed by atoms with Crippen LogP contribution in [0.3, 0.4) is 0 Å². The van der Waals surface area contributed by atoms with Crippen LogP contribution in [0.4, 0.5) is 0 Å². The zero-order chi connectivity index (χ0) is 12.4. The molecule has 0 aliphatic rings. The monoisotopic (exact) mass is 233 g/mol. The number of furan rings is 1. The summed E-state index contributed by atoms with van der Waals surface area (Å²) in [5.74, 6) is 0.229. The normalized spacial score (nSPS) is 10.5. The van der Waals surface area contributed by atoms with Gasteiger partial charge in [-0.2, -0.15) is 5.10 Å². The Bertz CT molecular complexity index is 514. The number of carbonyl (C=O) groups excluding carboxylic acids is 1. The van der Waals surface area contributed by atoms with Gasteiger partial charge in [0.15, 0.2) is 5.76 Å².